The number of nitrogens with zero attached hydrogens (tertiary/aromatic N) is 4. The summed E-state index contributed by atoms with van der Waals surface area (Å²) in [4.78, 5) is 12.4. The minimum absolute atomic E-state index is 0.0238. The molecule has 13 heteroatoms. The molecule has 0 amide bonds. The Bertz CT molecular complexity index is 1590. The topological polar surface area (TPSA) is 130 Å². The normalized spacial score (nSPS) is 17.1. The Morgan fingerprint density at radius 3 is 2.08 bits per heavy atom. The predicted octanol–water partition coefficient (Wildman–Crippen LogP) is 4.24. The van der Waals surface area contributed by atoms with Crippen molar-refractivity contribution in [3.8, 4) is 0 Å². The van der Waals surface area contributed by atoms with Gasteiger partial charge in [-0.05, 0) is 43.7 Å². The maximum Gasteiger partial charge on any atom is 0.283 e. The largest absolute Gasteiger partial charge is 0.336 e. The standard InChI is InChI=1S/C25H25ClN4O6S2/c1-18-6-10-22(11-7-18)37(33,34)27-24(17-26)28-14-15-29(38(35,36)23-12-8-19(2)9-13-23)25(28)20-4-3-5-21(16-20)30(31)32/h3-13,16,25H,14-15,17H2,1-2H3/b27-24+. The van der Waals surface area contributed by atoms with Crippen LogP contribution in [0, 0.1) is 24.0 Å². The molecule has 1 saturated heterocycles. The first kappa shape index (κ1) is 27.7. The van der Waals surface area contributed by atoms with E-state index in [2.05, 4.69) is 4.40 Å². The van der Waals surface area contributed by atoms with Gasteiger partial charge in [-0.3, -0.25) is 10.1 Å². The summed E-state index contributed by atoms with van der Waals surface area (Å²) in [5.74, 6) is -0.417. The zero-order valence-electron chi connectivity index (χ0n) is 20.6. The van der Waals surface area contributed by atoms with Crippen LogP contribution in [0.1, 0.15) is 22.9 Å². The molecule has 0 bridgehead atoms. The van der Waals surface area contributed by atoms with E-state index in [4.69, 9.17) is 11.6 Å². The van der Waals surface area contributed by atoms with E-state index in [9.17, 15) is 26.9 Å². The van der Waals surface area contributed by atoms with Gasteiger partial charge in [0.25, 0.3) is 15.7 Å². The van der Waals surface area contributed by atoms with Crippen LogP contribution in [0.3, 0.4) is 0 Å². The molecule has 0 radical (unpaired) electrons. The van der Waals surface area contributed by atoms with Gasteiger partial charge in [0.1, 0.15) is 12.0 Å². The molecule has 1 unspecified atom stereocenters. The fourth-order valence-electron chi connectivity index (χ4n) is 4.17. The van der Waals surface area contributed by atoms with Crippen molar-refractivity contribution in [2.45, 2.75) is 29.8 Å². The number of benzene rings is 3. The van der Waals surface area contributed by atoms with Gasteiger partial charge in [-0.15, -0.1) is 16.0 Å². The van der Waals surface area contributed by atoms with Gasteiger partial charge >= 0.3 is 0 Å². The molecule has 3 aromatic carbocycles. The summed E-state index contributed by atoms with van der Waals surface area (Å²) >= 11 is 6.18. The highest BCUT2D eigenvalue weighted by Gasteiger charge is 2.43. The highest BCUT2D eigenvalue weighted by Crippen LogP contribution is 2.37. The van der Waals surface area contributed by atoms with E-state index >= 15 is 0 Å². The van der Waals surface area contributed by atoms with E-state index in [1.54, 1.807) is 30.3 Å². The van der Waals surface area contributed by atoms with Gasteiger partial charge in [-0.25, -0.2) is 8.42 Å². The van der Waals surface area contributed by atoms with E-state index < -0.39 is 31.1 Å². The molecule has 1 aliphatic heterocycles. The fraction of sp³-hybridized carbons (Fsp3) is 0.240. The van der Waals surface area contributed by atoms with E-state index in [1.165, 1.54) is 51.7 Å². The number of halogens is 1. The molecule has 0 aliphatic carbocycles. The van der Waals surface area contributed by atoms with Crippen LogP contribution in [0.5, 0.6) is 0 Å². The number of non-ortho nitro benzene ring substituents is 1. The Hall–Kier alpha value is -3.32. The van der Waals surface area contributed by atoms with Crippen molar-refractivity contribution >= 4 is 43.2 Å². The zero-order chi connectivity index (χ0) is 27.7. The first-order valence-corrected chi connectivity index (χ1v) is 14.9. The summed E-state index contributed by atoms with van der Waals surface area (Å²) in [6.45, 7) is 3.69. The molecule has 38 heavy (non-hydrogen) atoms. The summed E-state index contributed by atoms with van der Waals surface area (Å²) in [5, 5.41) is 11.5. The number of hydrogen-bond acceptors (Lipinski definition) is 6. The van der Waals surface area contributed by atoms with Crippen molar-refractivity contribution in [1.82, 2.24) is 9.21 Å². The Labute approximate surface area is 226 Å². The number of alkyl halides is 1. The molecule has 1 atom stereocenters. The summed E-state index contributed by atoms with van der Waals surface area (Å²) in [7, 11) is -8.26. The number of nitro groups is 1. The molecule has 4 rings (SSSR count). The minimum Gasteiger partial charge on any atom is -0.336 e. The Balaban J connectivity index is 1.84. The lowest BCUT2D eigenvalue weighted by atomic mass is 10.1. The lowest BCUT2D eigenvalue weighted by Crippen LogP contribution is -2.39. The number of hydrogen-bond donors (Lipinski definition) is 0. The Morgan fingerprint density at radius 1 is 0.947 bits per heavy atom. The van der Waals surface area contributed by atoms with Gasteiger partial charge in [0, 0.05) is 25.2 Å². The fourth-order valence-corrected chi connectivity index (χ4v) is 7.06. The van der Waals surface area contributed by atoms with Gasteiger partial charge in [0.15, 0.2) is 0 Å². The number of amidine groups is 1. The molecule has 0 N–H and O–H groups in total. The minimum atomic E-state index is -4.18. The van der Waals surface area contributed by atoms with Crippen LogP contribution < -0.4 is 0 Å². The number of sulfonamides is 2. The van der Waals surface area contributed by atoms with Gasteiger partial charge in [0.05, 0.1) is 20.6 Å². The van der Waals surface area contributed by atoms with Gasteiger partial charge in [-0.2, -0.15) is 12.7 Å². The summed E-state index contributed by atoms with van der Waals surface area (Å²) in [5.41, 5.74) is 1.78. The lowest BCUT2D eigenvalue weighted by molar-refractivity contribution is -0.385. The van der Waals surface area contributed by atoms with Crippen LogP contribution in [-0.2, 0) is 20.0 Å². The summed E-state index contributed by atoms with van der Waals surface area (Å²) in [6.07, 6.45) is -1.12. The second-order valence-electron chi connectivity index (χ2n) is 8.78. The second kappa shape index (κ2) is 10.8. The van der Waals surface area contributed by atoms with Crippen molar-refractivity contribution in [1.29, 1.82) is 0 Å². The van der Waals surface area contributed by atoms with Gasteiger partial charge < -0.3 is 4.90 Å². The average molecular weight is 577 g/mol. The third-order valence-electron chi connectivity index (χ3n) is 6.13. The smallest absolute Gasteiger partial charge is 0.283 e. The molecule has 3 aromatic rings. The maximum absolute atomic E-state index is 13.7. The van der Waals surface area contributed by atoms with E-state index in [-0.39, 0.29) is 45.8 Å². The van der Waals surface area contributed by atoms with Gasteiger partial charge in [0.2, 0.25) is 10.0 Å². The first-order chi connectivity index (χ1) is 17.9. The van der Waals surface area contributed by atoms with Gasteiger partial charge in [-0.1, -0.05) is 47.5 Å². The van der Waals surface area contributed by atoms with Crippen molar-refractivity contribution in [2.75, 3.05) is 19.0 Å². The zero-order valence-corrected chi connectivity index (χ0v) is 22.9. The molecule has 200 valence electrons. The van der Waals surface area contributed by atoms with Crippen molar-refractivity contribution in [2.24, 2.45) is 4.40 Å². The van der Waals surface area contributed by atoms with Crippen molar-refractivity contribution in [3.05, 3.63) is 99.6 Å². The molecule has 1 heterocycles. The Morgan fingerprint density at radius 2 is 1.53 bits per heavy atom. The van der Waals surface area contributed by atoms with Crippen LogP contribution in [0.4, 0.5) is 5.69 Å². The lowest BCUT2D eigenvalue weighted by Gasteiger charge is -2.31. The number of rotatable bonds is 7. The van der Waals surface area contributed by atoms with Crippen LogP contribution in [0.15, 0.2) is 87.0 Å². The Kier molecular flexibility index (Phi) is 7.88. The second-order valence-corrected chi connectivity index (χ2v) is 12.5. The molecule has 0 aromatic heterocycles. The molecule has 1 fully saturated rings. The number of aryl methyl sites for hydroxylation is 2. The third-order valence-corrected chi connectivity index (χ3v) is 9.56. The highest BCUT2D eigenvalue weighted by atomic mass is 35.5. The molecular formula is C25H25ClN4O6S2. The predicted molar refractivity (Wildman–Crippen MR) is 144 cm³/mol. The maximum atomic E-state index is 13.7. The molecule has 0 spiro atoms. The highest BCUT2D eigenvalue weighted by molar-refractivity contribution is 7.90. The van der Waals surface area contributed by atoms with E-state index in [1.807, 2.05) is 13.8 Å². The number of nitro benzene ring substituents is 1. The molecule has 1 aliphatic rings. The van der Waals surface area contributed by atoms with Crippen molar-refractivity contribution in [3.63, 3.8) is 0 Å². The molecular weight excluding hydrogens is 552 g/mol. The first-order valence-electron chi connectivity index (χ1n) is 11.5. The van der Waals surface area contributed by atoms with Crippen molar-refractivity contribution < 1.29 is 21.8 Å². The van der Waals surface area contributed by atoms with E-state index in [0.29, 0.717) is 0 Å². The molecule has 0 saturated carbocycles. The van der Waals surface area contributed by atoms with Crippen LogP contribution in [0.25, 0.3) is 0 Å². The third kappa shape index (κ3) is 5.58. The van der Waals surface area contributed by atoms with Crippen LogP contribution >= 0.6 is 11.6 Å². The average Bonchev–Trinajstić information content (AvgIpc) is 3.34. The SMILES string of the molecule is Cc1ccc(S(=O)(=O)/N=C(\CCl)N2CCN(S(=O)(=O)c3ccc(C)cc3)C2c2cccc([N+](=O)[O-])c2)cc1. The summed E-state index contributed by atoms with van der Waals surface area (Å²) in [6, 6.07) is 18.0. The molecule has 10 nitrogen and oxygen atoms in total. The van der Waals surface area contributed by atoms with E-state index in [0.717, 1.165) is 11.1 Å². The summed E-state index contributed by atoms with van der Waals surface area (Å²) < 4.78 is 58.8. The monoisotopic (exact) mass is 576 g/mol. The quantitative estimate of drug-likeness (QED) is 0.135. The van der Waals surface area contributed by atoms with Crippen LogP contribution in [0.2, 0.25) is 0 Å². The van der Waals surface area contributed by atoms with Crippen LogP contribution in [-0.4, -0.2) is 55.8 Å².